The zero-order valence-electron chi connectivity index (χ0n) is 11.8. The van der Waals surface area contributed by atoms with E-state index in [-0.39, 0.29) is 0 Å². The van der Waals surface area contributed by atoms with E-state index in [1.54, 1.807) is 6.20 Å². The molecule has 4 aromatic rings. The average molecular weight is 278 g/mol. The molecule has 0 saturated carbocycles. The molecular formula is C15H14N6. The number of aromatic amines is 1. The SMILES string of the molecule is CCc1nc2[nH]ncc2c2nc(-c3ccc(C)cc3)nn12. The maximum Gasteiger partial charge on any atom is 0.182 e. The van der Waals surface area contributed by atoms with E-state index < -0.39 is 0 Å². The molecule has 0 aliphatic carbocycles. The lowest BCUT2D eigenvalue weighted by Crippen LogP contribution is -2.01. The van der Waals surface area contributed by atoms with Crippen molar-refractivity contribution in [2.45, 2.75) is 20.3 Å². The third-order valence-corrected chi connectivity index (χ3v) is 3.58. The first kappa shape index (κ1) is 12.0. The third kappa shape index (κ3) is 1.79. The molecule has 0 amide bonds. The Morgan fingerprint density at radius 1 is 1.14 bits per heavy atom. The van der Waals surface area contributed by atoms with Crippen LogP contribution in [0.2, 0.25) is 0 Å². The normalized spacial score (nSPS) is 11.5. The molecule has 3 aromatic heterocycles. The van der Waals surface area contributed by atoms with Gasteiger partial charge in [0, 0.05) is 12.0 Å². The van der Waals surface area contributed by atoms with Crippen molar-refractivity contribution >= 4 is 16.7 Å². The van der Waals surface area contributed by atoms with Gasteiger partial charge in [-0.25, -0.2) is 9.97 Å². The summed E-state index contributed by atoms with van der Waals surface area (Å²) in [5, 5.41) is 12.5. The number of hydrogen-bond donors (Lipinski definition) is 1. The van der Waals surface area contributed by atoms with Gasteiger partial charge in [0.25, 0.3) is 0 Å². The molecule has 6 heteroatoms. The summed E-state index contributed by atoms with van der Waals surface area (Å²) < 4.78 is 1.81. The maximum absolute atomic E-state index is 4.67. The summed E-state index contributed by atoms with van der Waals surface area (Å²) in [5.74, 6) is 1.58. The van der Waals surface area contributed by atoms with Gasteiger partial charge in [-0.3, -0.25) is 5.10 Å². The molecule has 0 aliphatic rings. The Kier molecular flexibility index (Phi) is 2.50. The summed E-state index contributed by atoms with van der Waals surface area (Å²) in [4.78, 5) is 9.22. The first-order valence-corrected chi connectivity index (χ1v) is 6.92. The number of nitrogens with one attached hydrogen (secondary N) is 1. The first-order valence-electron chi connectivity index (χ1n) is 6.92. The molecule has 0 spiro atoms. The van der Waals surface area contributed by atoms with Gasteiger partial charge >= 0.3 is 0 Å². The summed E-state index contributed by atoms with van der Waals surface area (Å²) in [7, 11) is 0. The van der Waals surface area contributed by atoms with Crippen LogP contribution in [0.3, 0.4) is 0 Å². The zero-order chi connectivity index (χ0) is 14.4. The van der Waals surface area contributed by atoms with E-state index in [1.165, 1.54) is 5.56 Å². The van der Waals surface area contributed by atoms with E-state index >= 15 is 0 Å². The van der Waals surface area contributed by atoms with Crippen LogP contribution in [0.15, 0.2) is 30.5 Å². The monoisotopic (exact) mass is 278 g/mol. The van der Waals surface area contributed by atoms with Gasteiger partial charge in [0.1, 0.15) is 5.82 Å². The van der Waals surface area contributed by atoms with Gasteiger partial charge in [-0.15, -0.1) is 5.10 Å². The maximum atomic E-state index is 4.67. The minimum Gasteiger partial charge on any atom is -0.261 e. The van der Waals surface area contributed by atoms with Crippen molar-refractivity contribution in [3.63, 3.8) is 0 Å². The van der Waals surface area contributed by atoms with Gasteiger partial charge in [-0.05, 0) is 6.92 Å². The summed E-state index contributed by atoms with van der Waals surface area (Å²) in [6.07, 6.45) is 2.52. The lowest BCUT2D eigenvalue weighted by atomic mass is 10.1. The van der Waals surface area contributed by atoms with Gasteiger partial charge in [-0.1, -0.05) is 36.8 Å². The number of rotatable bonds is 2. The molecule has 0 aliphatic heterocycles. The van der Waals surface area contributed by atoms with Crippen molar-refractivity contribution in [2.24, 2.45) is 0 Å². The minimum absolute atomic E-state index is 0.709. The van der Waals surface area contributed by atoms with Crippen LogP contribution in [0.25, 0.3) is 28.1 Å². The quantitative estimate of drug-likeness (QED) is 0.611. The number of fused-ring (bicyclic) bond motifs is 3. The van der Waals surface area contributed by atoms with E-state index in [0.29, 0.717) is 5.82 Å². The van der Waals surface area contributed by atoms with Crippen LogP contribution >= 0.6 is 0 Å². The largest absolute Gasteiger partial charge is 0.261 e. The first-order chi connectivity index (χ1) is 10.3. The molecule has 0 bridgehead atoms. The molecule has 104 valence electrons. The lowest BCUT2D eigenvalue weighted by molar-refractivity contribution is 0.823. The summed E-state index contributed by atoms with van der Waals surface area (Å²) in [6.45, 7) is 4.12. The highest BCUT2D eigenvalue weighted by Crippen LogP contribution is 2.21. The van der Waals surface area contributed by atoms with Crippen LogP contribution in [0.5, 0.6) is 0 Å². The molecule has 3 heterocycles. The van der Waals surface area contributed by atoms with Crippen LogP contribution in [0.4, 0.5) is 0 Å². The fourth-order valence-electron chi connectivity index (χ4n) is 2.42. The number of hydrogen-bond acceptors (Lipinski definition) is 4. The smallest absolute Gasteiger partial charge is 0.182 e. The van der Waals surface area contributed by atoms with Crippen molar-refractivity contribution in [3.05, 3.63) is 41.9 Å². The Morgan fingerprint density at radius 3 is 2.71 bits per heavy atom. The Morgan fingerprint density at radius 2 is 1.95 bits per heavy atom. The van der Waals surface area contributed by atoms with Gasteiger partial charge < -0.3 is 0 Å². The van der Waals surface area contributed by atoms with Crippen LogP contribution in [-0.4, -0.2) is 29.8 Å². The van der Waals surface area contributed by atoms with E-state index in [4.69, 9.17) is 0 Å². The molecule has 0 saturated heterocycles. The number of nitrogens with zero attached hydrogens (tertiary/aromatic N) is 5. The van der Waals surface area contributed by atoms with E-state index in [1.807, 2.05) is 16.6 Å². The standard InChI is InChI=1S/C15H14N6/c1-3-12-17-14-11(8-16-19-14)15-18-13(20-21(12)15)10-6-4-9(2)5-7-10/h4-8H,3H2,1-2H3,(H,16,19). The molecule has 0 radical (unpaired) electrons. The Labute approximate surface area is 120 Å². The Balaban J connectivity index is 2.02. The molecule has 1 N–H and O–H groups in total. The Hall–Kier alpha value is -2.76. The predicted octanol–water partition coefficient (Wildman–Crippen LogP) is 2.54. The molecule has 1 aromatic carbocycles. The van der Waals surface area contributed by atoms with Crippen molar-refractivity contribution < 1.29 is 0 Å². The number of aromatic nitrogens is 6. The fourth-order valence-corrected chi connectivity index (χ4v) is 2.42. The van der Waals surface area contributed by atoms with Crippen molar-refractivity contribution in [1.29, 1.82) is 0 Å². The highest BCUT2D eigenvalue weighted by molar-refractivity contribution is 5.88. The third-order valence-electron chi connectivity index (χ3n) is 3.58. The summed E-state index contributed by atoms with van der Waals surface area (Å²) >= 11 is 0. The van der Waals surface area contributed by atoms with Crippen LogP contribution in [0, 0.1) is 6.92 Å². The van der Waals surface area contributed by atoms with E-state index in [2.05, 4.69) is 51.2 Å². The number of H-pyrrole nitrogens is 1. The molecular weight excluding hydrogens is 264 g/mol. The molecule has 6 nitrogen and oxygen atoms in total. The average Bonchev–Trinajstić information content (AvgIpc) is 3.12. The van der Waals surface area contributed by atoms with Gasteiger partial charge in [0.15, 0.2) is 17.1 Å². The zero-order valence-corrected chi connectivity index (χ0v) is 11.8. The van der Waals surface area contributed by atoms with E-state index in [9.17, 15) is 0 Å². The second-order valence-corrected chi connectivity index (χ2v) is 5.05. The van der Waals surface area contributed by atoms with Crippen LogP contribution in [-0.2, 0) is 6.42 Å². The van der Waals surface area contributed by atoms with Crippen LogP contribution in [0.1, 0.15) is 18.3 Å². The lowest BCUT2D eigenvalue weighted by Gasteiger charge is -1.99. The van der Waals surface area contributed by atoms with Crippen molar-refractivity contribution in [1.82, 2.24) is 29.8 Å². The van der Waals surface area contributed by atoms with Gasteiger partial charge in [-0.2, -0.15) is 9.61 Å². The van der Waals surface area contributed by atoms with Gasteiger partial charge in [0.2, 0.25) is 0 Å². The van der Waals surface area contributed by atoms with E-state index in [0.717, 1.165) is 34.5 Å². The topological polar surface area (TPSA) is 71.8 Å². The summed E-state index contributed by atoms with van der Waals surface area (Å²) in [6, 6.07) is 8.20. The van der Waals surface area contributed by atoms with Crippen molar-refractivity contribution in [2.75, 3.05) is 0 Å². The van der Waals surface area contributed by atoms with Gasteiger partial charge in [0.05, 0.1) is 11.6 Å². The van der Waals surface area contributed by atoms with Crippen LogP contribution < -0.4 is 0 Å². The summed E-state index contributed by atoms with van der Waals surface area (Å²) in [5.41, 5.74) is 3.77. The highest BCUT2D eigenvalue weighted by Gasteiger charge is 2.14. The minimum atomic E-state index is 0.709. The fraction of sp³-hybridized carbons (Fsp3) is 0.200. The van der Waals surface area contributed by atoms with Crippen molar-refractivity contribution in [3.8, 4) is 11.4 Å². The molecule has 0 unspecified atom stereocenters. The molecule has 0 fully saturated rings. The predicted molar refractivity (Wildman–Crippen MR) is 80.0 cm³/mol. The number of aryl methyl sites for hydroxylation is 2. The number of benzene rings is 1. The molecule has 21 heavy (non-hydrogen) atoms. The second-order valence-electron chi connectivity index (χ2n) is 5.05. The molecule has 4 rings (SSSR count). The molecule has 0 atom stereocenters. The Bertz CT molecular complexity index is 932. The highest BCUT2D eigenvalue weighted by atomic mass is 15.3. The second kappa shape index (κ2) is 4.37.